The monoisotopic (exact) mass is 393 g/mol. The van der Waals surface area contributed by atoms with Crippen molar-refractivity contribution in [3.05, 3.63) is 75.7 Å². The largest absolute Gasteiger partial charge is 0.422 e. The van der Waals surface area contributed by atoms with Gasteiger partial charge in [-0.05, 0) is 60.4 Å². The molecule has 0 aliphatic heterocycles. The number of nitriles is 1. The van der Waals surface area contributed by atoms with Crippen LogP contribution in [0.5, 0.6) is 5.75 Å². The van der Waals surface area contributed by atoms with Crippen molar-refractivity contribution in [2.24, 2.45) is 0 Å². The zero-order chi connectivity index (χ0) is 19.9. The van der Waals surface area contributed by atoms with Gasteiger partial charge in [0.15, 0.2) is 0 Å². The molecule has 0 aliphatic rings. The van der Waals surface area contributed by atoms with Crippen LogP contribution in [0.2, 0.25) is 0 Å². The molecule has 0 saturated heterocycles. The third kappa shape index (κ3) is 4.85. The van der Waals surface area contributed by atoms with E-state index in [-0.39, 0.29) is 11.5 Å². The second-order valence-corrected chi connectivity index (χ2v) is 7.61. The van der Waals surface area contributed by atoms with Crippen molar-refractivity contribution in [3.8, 4) is 22.9 Å². The summed E-state index contributed by atoms with van der Waals surface area (Å²) >= 11 is 1.48. The molecule has 0 amide bonds. The number of hydrogen-bond acceptors (Lipinski definition) is 4. The van der Waals surface area contributed by atoms with E-state index in [0.717, 1.165) is 24.0 Å². The number of aryl methyl sites for hydroxylation is 1. The van der Waals surface area contributed by atoms with Crippen LogP contribution in [-0.2, 0) is 6.42 Å². The Labute approximate surface area is 168 Å². The van der Waals surface area contributed by atoms with Gasteiger partial charge in [-0.2, -0.15) is 5.26 Å². The van der Waals surface area contributed by atoms with Crippen molar-refractivity contribution < 1.29 is 13.9 Å². The lowest BCUT2D eigenvalue weighted by molar-refractivity contribution is 0.0740. The van der Waals surface area contributed by atoms with Gasteiger partial charge in [0.05, 0.1) is 5.56 Å². The smallest absolute Gasteiger partial charge is 0.353 e. The Bertz CT molecular complexity index is 1000. The number of halogens is 1. The molecule has 0 N–H and O–H groups in total. The van der Waals surface area contributed by atoms with Gasteiger partial charge in [0.25, 0.3) is 0 Å². The SMILES string of the molecule is CCCCCc1ccc(C(=O)Oc2ccc(-c3ccc(F)c(C#N)c3)cc2)s1. The van der Waals surface area contributed by atoms with E-state index >= 15 is 0 Å². The summed E-state index contributed by atoms with van der Waals surface area (Å²) in [4.78, 5) is 14.1. The third-order valence-corrected chi connectivity index (χ3v) is 5.50. The molecule has 142 valence electrons. The molecule has 1 aromatic heterocycles. The first-order valence-electron chi connectivity index (χ1n) is 9.21. The Morgan fingerprint density at radius 2 is 1.82 bits per heavy atom. The Morgan fingerprint density at radius 1 is 1.07 bits per heavy atom. The first-order chi connectivity index (χ1) is 13.6. The molecule has 3 aromatic rings. The Kier molecular flexibility index (Phi) is 6.57. The minimum atomic E-state index is -0.540. The third-order valence-electron chi connectivity index (χ3n) is 4.37. The van der Waals surface area contributed by atoms with Gasteiger partial charge in [0, 0.05) is 4.88 Å². The second kappa shape index (κ2) is 9.29. The van der Waals surface area contributed by atoms with Crippen LogP contribution in [0.4, 0.5) is 4.39 Å². The van der Waals surface area contributed by atoms with Crippen molar-refractivity contribution in [2.45, 2.75) is 32.6 Å². The molecule has 0 spiro atoms. The number of carbonyl (C=O) groups excluding carboxylic acids is 1. The highest BCUT2D eigenvalue weighted by atomic mass is 32.1. The van der Waals surface area contributed by atoms with E-state index < -0.39 is 5.82 Å². The van der Waals surface area contributed by atoms with Crippen LogP contribution < -0.4 is 4.74 Å². The molecule has 0 unspecified atom stereocenters. The molecular weight excluding hydrogens is 373 g/mol. The summed E-state index contributed by atoms with van der Waals surface area (Å²) in [6, 6.07) is 17.0. The van der Waals surface area contributed by atoms with Gasteiger partial charge >= 0.3 is 5.97 Å². The molecule has 0 bridgehead atoms. The van der Waals surface area contributed by atoms with Crippen molar-refractivity contribution in [3.63, 3.8) is 0 Å². The Balaban J connectivity index is 1.66. The van der Waals surface area contributed by atoms with Gasteiger partial charge in [-0.25, -0.2) is 9.18 Å². The summed E-state index contributed by atoms with van der Waals surface area (Å²) in [6.45, 7) is 2.17. The minimum Gasteiger partial charge on any atom is -0.422 e. The van der Waals surface area contributed by atoms with Crippen molar-refractivity contribution >= 4 is 17.3 Å². The quantitative estimate of drug-likeness (QED) is 0.266. The zero-order valence-electron chi connectivity index (χ0n) is 15.6. The first-order valence-corrected chi connectivity index (χ1v) is 10.0. The maximum Gasteiger partial charge on any atom is 0.353 e. The molecule has 0 atom stereocenters. The maximum atomic E-state index is 13.5. The normalized spacial score (nSPS) is 10.5. The summed E-state index contributed by atoms with van der Waals surface area (Å²) < 4.78 is 18.9. The number of ether oxygens (including phenoxy) is 1. The predicted molar refractivity (Wildman–Crippen MR) is 109 cm³/mol. The number of benzene rings is 2. The fourth-order valence-corrected chi connectivity index (χ4v) is 3.76. The lowest BCUT2D eigenvalue weighted by Crippen LogP contribution is -2.06. The van der Waals surface area contributed by atoms with Crippen LogP contribution >= 0.6 is 11.3 Å². The van der Waals surface area contributed by atoms with Crippen LogP contribution in [0.3, 0.4) is 0 Å². The number of hydrogen-bond donors (Lipinski definition) is 0. The van der Waals surface area contributed by atoms with E-state index in [0.29, 0.717) is 10.6 Å². The van der Waals surface area contributed by atoms with E-state index in [4.69, 9.17) is 10.00 Å². The number of thiophene rings is 1. The van der Waals surface area contributed by atoms with Crippen molar-refractivity contribution in [1.82, 2.24) is 0 Å². The number of esters is 1. The molecule has 0 fully saturated rings. The van der Waals surface area contributed by atoms with Gasteiger partial charge < -0.3 is 4.74 Å². The first kappa shape index (κ1) is 19.8. The standard InChI is InChI=1S/C23H20FNO2S/c1-2-3-4-5-20-11-13-22(28-20)23(26)27-19-9-6-16(7-10-19)17-8-12-21(24)18(14-17)15-25/h6-14H,2-5H2,1H3. The summed E-state index contributed by atoms with van der Waals surface area (Å²) in [5.41, 5.74) is 1.54. The van der Waals surface area contributed by atoms with E-state index in [2.05, 4.69) is 6.92 Å². The fourth-order valence-electron chi connectivity index (χ4n) is 2.83. The van der Waals surface area contributed by atoms with Crippen LogP contribution in [0, 0.1) is 17.1 Å². The number of rotatable bonds is 7. The van der Waals surface area contributed by atoms with Gasteiger partial charge in [-0.15, -0.1) is 11.3 Å². The Morgan fingerprint density at radius 3 is 2.54 bits per heavy atom. The zero-order valence-corrected chi connectivity index (χ0v) is 16.4. The topological polar surface area (TPSA) is 50.1 Å². The van der Waals surface area contributed by atoms with Crippen LogP contribution in [-0.4, -0.2) is 5.97 Å². The molecule has 3 rings (SSSR count). The van der Waals surface area contributed by atoms with Gasteiger partial charge in [-0.1, -0.05) is 38.0 Å². The molecule has 0 aliphatic carbocycles. The van der Waals surface area contributed by atoms with Gasteiger partial charge in [-0.3, -0.25) is 0 Å². The molecule has 1 heterocycles. The van der Waals surface area contributed by atoms with Crippen molar-refractivity contribution in [2.75, 3.05) is 0 Å². The van der Waals surface area contributed by atoms with Crippen LogP contribution in [0.15, 0.2) is 54.6 Å². The fraction of sp³-hybridized carbons (Fsp3) is 0.217. The molecule has 0 saturated carbocycles. The van der Waals surface area contributed by atoms with E-state index in [1.807, 2.05) is 18.2 Å². The van der Waals surface area contributed by atoms with E-state index in [9.17, 15) is 9.18 Å². The van der Waals surface area contributed by atoms with E-state index in [1.54, 1.807) is 30.3 Å². The summed E-state index contributed by atoms with van der Waals surface area (Å²) in [5.74, 6) is -0.466. The molecule has 0 radical (unpaired) electrons. The molecule has 3 nitrogen and oxygen atoms in total. The average Bonchev–Trinajstić information content (AvgIpc) is 3.18. The second-order valence-electron chi connectivity index (χ2n) is 6.44. The summed E-state index contributed by atoms with van der Waals surface area (Å²) in [5, 5.41) is 8.96. The highest BCUT2D eigenvalue weighted by molar-refractivity contribution is 7.13. The number of nitrogens with zero attached hydrogens (tertiary/aromatic N) is 1. The van der Waals surface area contributed by atoms with Crippen LogP contribution in [0.25, 0.3) is 11.1 Å². The molecular formula is C23H20FNO2S. The molecule has 28 heavy (non-hydrogen) atoms. The van der Waals surface area contributed by atoms with Crippen molar-refractivity contribution in [1.29, 1.82) is 5.26 Å². The average molecular weight is 393 g/mol. The van der Waals surface area contributed by atoms with Crippen LogP contribution in [0.1, 0.15) is 46.3 Å². The number of unbranched alkanes of at least 4 members (excludes halogenated alkanes) is 2. The highest BCUT2D eigenvalue weighted by Gasteiger charge is 2.12. The van der Waals surface area contributed by atoms with Gasteiger partial charge in [0.1, 0.15) is 22.5 Å². The van der Waals surface area contributed by atoms with Gasteiger partial charge in [0.2, 0.25) is 0 Å². The summed E-state index contributed by atoms with van der Waals surface area (Å²) in [6.07, 6.45) is 4.48. The molecule has 2 aromatic carbocycles. The predicted octanol–water partition coefficient (Wildman–Crippen LogP) is 6.38. The lowest BCUT2D eigenvalue weighted by atomic mass is 10.0. The van der Waals surface area contributed by atoms with E-state index in [1.165, 1.54) is 41.2 Å². The lowest BCUT2D eigenvalue weighted by Gasteiger charge is -2.06. The highest BCUT2D eigenvalue weighted by Crippen LogP contribution is 2.26. The maximum absolute atomic E-state index is 13.5. The number of carbonyl (C=O) groups is 1. The summed E-state index contributed by atoms with van der Waals surface area (Å²) in [7, 11) is 0. The molecule has 5 heteroatoms. The minimum absolute atomic E-state index is 0.000408. The Hall–Kier alpha value is -2.97.